The van der Waals surface area contributed by atoms with Gasteiger partial charge in [-0.2, -0.15) is 0 Å². The molecule has 1 fully saturated rings. The lowest BCUT2D eigenvalue weighted by molar-refractivity contribution is 0.202. The molecule has 0 saturated carbocycles. The Hall–Kier alpha value is -1.06. The van der Waals surface area contributed by atoms with Crippen LogP contribution in [-0.4, -0.2) is 32.9 Å². The van der Waals surface area contributed by atoms with Gasteiger partial charge in [0.05, 0.1) is 13.2 Å². The van der Waals surface area contributed by atoms with Crippen LogP contribution >= 0.6 is 0 Å². The maximum Gasteiger partial charge on any atom is 0.119 e. The van der Waals surface area contributed by atoms with E-state index in [0.717, 1.165) is 31.8 Å². The van der Waals surface area contributed by atoms with E-state index in [0.29, 0.717) is 6.04 Å². The topological polar surface area (TPSA) is 30.5 Å². The highest BCUT2D eigenvalue weighted by Gasteiger charge is 2.11. The first-order chi connectivity index (χ1) is 9.38. The van der Waals surface area contributed by atoms with E-state index >= 15 is 0 Å². The molecule has 1 atom stereocenters. The first-order valence-electron chi connectivity index (χ1n) is 7.32. The van der Waals surface area contributed by atoms with E-state index < -0.39 is 0 Å². The molecule has 19 heavy (non-hydrogen) atoms. The number of hydrogen-bond donors (Lipinski definition) is 1. The summed E-state index contributed by atoms with van der Waals surface area (Å²) in [5.41, 5.74) is 1.29. The van der Waals surface area contributed by atoms with Gasteiger partial charge in [-0.05, 0) is 49.9 Å². The summed E-state index contributed by atoms with van der Waals surface area (Å²) >= 11 is 0. The summed E-state index contributed by atoms with van der Waals surface area (Å²) in [6, 6.07) is 8.99. The van der Waals surface area contributed by atoms with Crippen LogP contribution in [-0.2, 0) is 11.2 Å². The minimum Gasteiger partial charge on any atom is -0.494 e. The van der Waals surface area contributed by atoms with Crippen molar-refractivity contribution in [2.75, 3.05) is 26.9 Å². The lowest BCUT2D eigenvalue weighted by atomic mass is 10.0. The summed E-state index contributed by atoms with van der Waals surface area (Å²) in [6.45, 7) is 2.74. The molecule has 1 aromatic carbocycles. The number of rotatable bonds is 7. The zero-order valence-electron chi connectivity index (χ0n) is 11.9. The Bertz CT molecular complexity index is 344. The lowest BCUT2D eigenvalue weighted by Gasteiger charge is -2.23. The van der Waals surface area contributed by atoms with Gasteiger partial charge in [0.15, 0.2) is 0 Å². The van der Waals surface area contributed by atoms with Crippen LogP contribution in [0.1, 0.15) is 31.2 Å². The summed E-state index contributed by atoms with van der Waals surface area (Å²) in [4.78, 5) is 0. The van der Waals surface area contributed by atoms with Gasteiger partial charge in [-0.3, -0.25) is 0 Å². The number of ether oxygens (including phenoxy) is 2. The van der Waals surface area contributed by atoms with Gasteiger partial charge in [0, 0.05) is 13.2 Å². The molecule has 1 unspecified atom stereocenters. The predicted molar refractivity (Wildman–Crippen MR) is 77.8 cm³/mol. The summed E-state index contributed by atoms with van der Waals surface area (Å²) in [6.07, 6.45) is 6.03. The summed E-state index contributed by atoms with van der Waals surface area (Å²) in [5.74, 6) is 0.969. The van der Waals surface area contributed by atoms with Crippen molar-refractivity contribution in [3.8, 4) is 5.75 Å². The van der Waals surface area contributed by atoms with Gasteiger partial charge in [0.25, 0.3) is 0 Å². The smallest absolute Gasteiger partial charge is 0.119 e. The van der Waals surface area contributed by atoms with E-state index in [1.165, 1.54) is 31.4 Å². The van der Waals surface area contributed by atoms with Gasteiger partial charge in [0.1, 0.15) is 5.75 Å². The molecule has 2 rings (SSSR count). The van der Waals surface area contributed by atoms with Gasteiger partial charge in [-0.1, -0.05) is 18.6 Å². The van der Waals surface area contributed by atoms with Crippen LogP contribution in [0.15, 0.2) is 24.3 Å². The summed E-state index contributed by atoms with van der Waals surface area (Å²) < 4.78 is 10.9. The van der Waals surface area contributed by atoms with Crippen molar-refractivity contribution in [3.05, 3.63) is 29.8 Å². The zero-order valence-corrected chi connectivity index (χ0v) is 11.9. The van der Waals surface area contributed by atoms with E-state index in [9.17, 15) is 0 Å². The molecule has 0 aromatic heterocycles. The van der Waals surface area contributed by atoms with E-state index in [2.05, 4.69) is 29.6 Å². The molecule has 1 aliphatic heterocycles. The predicted octanol–water partition coefficient (Wildman–Crippen LogP) is 2.79. The number of piperidine rings is 1. The maximum absolute atomic E-state index is 5.80. The maximum atomic E-state index is 5.80. The molecule has 0 radical (unpaired) electrons. The van der Waals surface area contributed by atoms with Gasteiger partial charge < -0.3 is 14.8 Å². The van der Waals surface area contributed by atoms with Crippen LogP contribution in [0.3, 0.4) is 0 Å². The molecule has 0 spiro atoms. The molecular weight excluding hydrogens is 238 g/mol. The number of methoxy groups -OCH3 is 1. The molecule has 0 amide bonds. The Morgan fingerprint density at radius 2 is 2.00 bits per heavy atom. The van der Waals surface area contributed by atoms with Crippen LogP contribution < -0.4 is 10.1 Å². The summed E-state index contributed by atoms with van der Waals surface area (Å²) in [7, 11) is 1.73. The highest BCUT2D eigenvalue weighted by atomic mass is 16.5. The number of nitrogens with one attached hydrogen (secondary N) is 1. The highest BCUT2D eigenvalue weighted by Crippen LogP contribution is 2.15. The lowest BCUT2D eigenvalue weighted by Crippen LogP contribution is -2.35. The van der Waals surface area contributed by atoms with Crippen LogP contribution in [0.5, 0.6) is 5.75 Å². The van der Waals surface area contributed by atoms with Crippen LogP contribution in [0.2, 0.25) is 0 Å². The minimum absolute atomic E-state index is 0.648. The van der Waals surface area contributed by atoms with Crippen molar-refractivity contribution in [1.82, 2.24) is 5.32 Å². The highest BCUT2D eigenvalue weighted by molar-refractivity contribution is 5.27. The van der Waals surface area contributed by atoms with Crippen molar-refractivity contribution in [2.24, 2.45) is 0 Å². The third-order valence-electron chi connectivity index (χ3n) is 3.67. The second-order valence-electron chi connectivity index (χ2n) is 5.17. The molecule has 106 valence electrons. The van der Waals surface area contributed by atoms with Gasteiger partial charge >= 0.3 is 0 Å². The molecule has 0 aliphatic carbocycles. The molecule has 3 nitrogen and oxygen atoms in total. The van der Waals surface area contributed by atoms with Crippen LogP contribution in [0, 0.1) is 0 Å². The van der Waals surface area contributed by atoms with Crippen molar-refractivity contribution in [1.29, 1.82) is 0 Å². The third-order valence-corrected chi connectivity index (χ3v) is 3.67. The average molecular weight is 263 g/mol. The van der Waals surface area contributed by atoms with Gasteiger partial charge in [-0.25, -0.2) is 0 Å². The first-order valence-corrected chi connectivity index (χ1v) is 7.32. The fourth-order valence-corrected chi connectivity index (χ4v) is 2.46. The van der Waals surface area contributed by atoms with Crippen molar-refractivity contribution in [2.45, 2.75) is 38.1 Å². The molecule has 1 heterocycles. The van der Waals surface area contributed by atoms with Crippen molar-refractivity contribution < 1.29 is 9.47 Å². The van der Waals surface area contributed by atoms with Gasteiger partial charge in [0.2, 0.25) is 0 Å². The molecule has 0 bridgehead atoms. The Morgan fingerprint density at radius 1 is 1.16 bits per heavy atom. The monoisotopic (exact) mass is 263 g/mol. The third kappa shape index (κ3) is 5.21. The standard InChI is InChI=1S/C16H25NO2/c1-18-12-9-14-5-7-16(8-6-14)19-13-10-15-4-2-3-11-17-15/h5-8,15,17H,2-4,9-13H2,1H3. The van der Waals surface area contributed by atoms with Crippen molar-refractivity contribution >= 4 is 0 Å². The number of benzene rings is 1. The fraction of sp³-hybridized carbons (Fsp3) is 0.625. The molecule has 1 aliphatic rings. The van der Waals surface area contributed by atoms with Gasteiger partial charge in [-0.15, -0.1) is 0 Å². The molecule has 1 saturated heterocycles. The molecule has 3 heteroatoms. The fourth-order valence-electron chi connectivity index (χ4n) is 2.46. The quantitative estimate of drug-likeness (QED) is 0.820. The second kappa shape index (κ2) is 8.18. The minimum atomic E-state index is 0.648. The van der Waals surface area contributed by atoms with Crippen molar-refractivity contribution in [3.63, 3.8) is 0 Å². The van der Waals surface area contributed by atoms with Crippen LogP contribution in [0.25, 0.3) is 0 Å². The Labute approximate surface area is 116 Å². The Balaban J connectivity index is 1.67. The average Bonchev–Trinajstić information content (AvgIpc) is 2.47. The second-order valence-corrected chi connectivity index (χ2v) is 5.17. The Morgan fingerprint density at radius 3 is 2.68 bits per heavy atom. The van der Waals surface area contributed by atoms with Crippen LogP contribution in [0.4, 0.5) is 0 Å². The normalized spacial score (nSPS) is 19.3. The summed E-state index contributed by atoms with van der Waals surface area (Å²) in [5, 5.41) is 3.54. The van der Waals surface area contributed by atoms with E-state index in [-0.39, 0.29) is 0 Å². The van der Waals surface area contributed by atoms with E-state index in [4.69, 9.17) is 9.47 Å². The van der Waals surface area contributed by atoms with E-state index in [1.807, 2.05) is 0 Å². The molecular formula is C16H25NO2. The SMILES string of the molecule is COCCc1ccc(OCCC2CCCCN2)cc1. The largest absolute Gasteiger partial charge is 0.494 e. The van der Waals surface area contributed by atoms with E-state index in [1.54, 1.807) is 7.11 Å². The zero-order chi connectivity index (χ0) is 13.3. The number of hydrogen-bond acceptors (Lipinski definition) is 3. The molecule has 1 aromatic rings. The Kier molecular flexibility index (Phi) is 6.18. The molecule has 1 N–H and O–H groups in total. The first kappa shape index (κ1) is 14.4.